The summed E-state index contributed by atoms with van der Waals surface area (Å²) in [5.41, 5.74) is 5.60. The summed E-state index contributed by atoms with van der Waals surface area (Å²) >= 11 is 4.95. The van der Waals surface area contributed by atoms with Crippen molar-refractivity contribution in [3.8, 4) is 0 Å². The van der Waals surface area contributed by atoms with Crippen LogP contribution in [0.4, 0.5) is 0 Å². The number of ether oxygens (including phenoxy) is 1. The number of likely N-dealkylation sites (N-methyl/N-ethyl adjacent to an activating group) is 1. The first-order valence-corrected chi connectivity index (χ1v) is 6.85. The van der Waals surface area contributed by atoms with E-state index in [1.165, 1.54) is 0 Å². The van der Waals surface area contributed by atoms with Crippen LogP contribution < -0.4 is 5.73 Å². The fourth-order valence-corrected chi connectivity index (χ4v) is 2.29. The van der Waals surface area contributed by atoms with Crippen LogP contribution in [-0.2, 0) is 9.53 Å². The minimum Gasteiger partial charge on any atom is -0.391 e. The van der Waals surface area contributed by atoms with E-state index < -0.39 is 0 Å². The van der Waals surface area contributed by atoms with E-state index in [1.54, 1.807) is 0 Å². The molecule has 0 aromatic rings. The molecular weight excluding hydrogens is 250 g/mol. The van der Waals surface area contributed by atoms with E-state index in [9.17, 15) is 4.79 Å². The number of hydrogen-bond acceptors (Lipinski definition) is 4. The van der Waals surface area contributed by atoms with E-state index in [-0.39, 0.29) is 18.1 Å². The van der Waals surface area contributed by atoms with Gasteiger partial charge >= 0.3 is 0 Å². The van der Waals surface area contributed by atoms with Gasteiger partial charge in [-0.15, -0.1) is 0 Å². The van der Waals surface area contributed by atoms with E-state index >= 15 is 0 Å². The minimum absolute atomic E-state index is 0.148. The van der Waals surface area contributed by atoms with E-state index in [4.69, 9.17) is 22.7 Å². The van der Waals surface area contributed by atoms with Crippen molar-refractivity contribution < 1.29 is 9.53 Å². The van der Waals surface area contributed by atoms with Gasteiger partial charge < -0.3 is 15.4 Å². The number of thiocarbonyl (C=S) groups is 1. The number of carbonyl (C=O) groups excluding carboxylic acids is 1. The lowest BCUT2D eigenvalue weighted by molar-refractivity contribution is -0.138. The van der Waals surface area contributed by atoms with Gasteiger partial charge in [-0.1, -0.05) is 12.2 Å². The molecule has 0 radical (unpaired) electrons. The summed E-state index contributed by atoms with van der Waals surface area (Å²) in [7, 11) is 0. The van der Waals surface area contributed by atoms with Crippen LogP contribution in [0.5, 0.6) is 0 Å². The van der Waals surface area contributed by atoms with E-state index in [0.29, 0.717) is 18.1 Å². The molecule has 2 N–H and O–H groups in total. The second kappa shape index (κ2) is 7.01. The molecule has 1 aliphatic rings. The molecule has 2 unspecified atom stereocenters. The molecule has 6 heteroatoms. The molecule has 0 spiro atoms. The van der Waals surface area contributed by atoms with Crippen LogP contribution in [0.25, 0.3) is 0 Å². The van der Waals surface area contributed by atoms with Crippen molar-refractivity contribution in [3.63, 3.8) is 0 Å². The summed E-state index contributed by atoms with van der Waals surface area (Å²) in [5.74, 6) is 0.156. The van der Waals surface area contributed by atoms with Gasteiger partial charge in [-0.05, 0) is 20.8 Å². The van der Waals surface area contributed by atoms with Gasteiger partial charge in [-0.25, -0.2) is 0 Å². The van der Waals surface area contributed by atoms with Crippen LogP contribution in [0.1, 0.15) is 20.8 Å². The smallest absolute Gasteiger partial charge is 0.239 e. The van der Waals surface area contributed by atoms with Crippen LogP contribution in [0.2, 0.25) is 0 Å². The number of carbonyl (C=O) groups is 1. The molecule has 0 bridgehead atoms. The van der Waals surface area contributed by atoms with E-state index in [0.717, 1.165) is 19.6 Å². The molecular formula is C12H23N3O2S. The van der Waals surface area contributed by atoms with Crippen molar-refractivity contribution >= 4 is 23.1 Å². The maximum Gasteiger partial charge on any atom is 0.239 e. The molecule has 1 heterocycles. The second-order valence-corrected chi connectivity index (χ2v) is 4.91. The van der Waals surface area contributed by atoms with Crippen LogP contribution >= 0.6 is 12.2 Å². The molecule has 104 valence electrons. The molecule has 0 saturated carbocycles. The SMILES string of the molecule is CCN(CC)C(=O)C(C)N1CCOC(C(N)=S)C1. The van der Waals surface area contributed by atoms with Crippen molar-refractivity contribution in [2.24, 2.45) is 5.73 Å². The molecule has 1 amide bonds. The molecule has 0 aromatic carbocycles. The summed E-state index contributed by atoms with van der Waals surface area (Å²) in [4.78, 5) is 16.6. The summed E-state index contributed by atoms with van der Waals surface area (Å²) in [6.45, 7) is 9.30. The highest BCUT2D eigenvalue weighted by Gasteiger charge is 2.30. The maximum absolute atomic E-state index is 12.3. The molecule has 0 aliphatic carbocycles. The van der Waals surface area contributed by atoms with Crippen LogP contribution in [0, 0.1) is 0 Å². The number of amides is 1. The lowest BCUT2D eigenvalue weighted by atomic mass is 10.2. The Morgan fingerprint density at radius 1 is 1.56 bits per heavy atom. The molecule has 1 rings (SSSR count). The average Bonchev–Trinajstić information content (AvgIpc) is 2.39. The normalized spacial score (nSPS) is 22.5. The highest BCUT2D eigenvalue weighted by molar-refractivity contribution is 7.80. The van der Waals surface area contributed by atoms with Crippen molar-refractivity contribution in [1.82, 2.24) is 9.80 Å². The van der Waals surface area contributed by atoms with Crippen LogP contribution in [0.15, 0.2) is 0 Å². The van der Waals surface area contributed by atoms with Gasteiger partial charge in [-0.2, -0.15) is 0 Å². The molecule has 2 atom stereocenters. The Morgan fingerprint density at radius 3 is 2.67 bits per heavy atom. The van der Waals surface area contributed by atoms with Crippen molar-refractivity contribution in [1.29, 1.82) is 0 Å². The zero-order valence-electron chi connectivity index (χ0n) is 11.4. The summed E-state index contributed by atoms with van der Waals surface area (Å²) < 4.78 is 5.48. The van der Waals surface area contributed by atoms with Gasteiger partial charge in [0.1, 0.15) is 11.1 Å². The van der Waals surface area contributed by atoms with Crippen molar-refractivity contribution in [2.45, 2.75) is 32.9 Å². The third-order valence-electron chi connectivity index (χ3n) is 3.40. The number of hydrogen-bond donors (Lipinski definition) is 1. The first kappa shape index (κ1) is 15.3. The molecule has 5 nitrogen and oxygen atoms in total. The third kappa shape index (κ3) is 3.63. The highest BCUT2D eigenvalue weighted by atomic mass is 32.1. The molecule has 1 saturated heterocycles. The zero-order chi connectivity index (χ0) is 13.7. The average molecular weight is 273 g/mol. The van der Waals surface area contributed by atoms with Gasteiger partial charge in [0, 0.05) is 26.2 Å². The third-order valence-corrected chi connectivity index (χ3v) is 3.66. The zero-order valence-corrected chi connectivity index (χ0v) is 12.2. The highest BCUT2D eigenvalue weighted by Crippen LogP contribution is 2.11. The minimum atomic E-state index is -0.235. The Balaban J connectivity index is 2.62. The van der Waals surface area contributed by atoms with Crippen molar-refractivity contribution in [2.75, 3.05) is 32.8 Å². The van der Waals surface area contributed by atoms with Gasteiger partial charge in [0.25, 0.3) is 0 Å². The molecule has 1 fully saturated rings. The Kier molecular flexibility index (Phi) is 5.98. The maximum atomic E-state index is 12.3. The number of nitrogens with two attached hydrogens (primary N) is 1. The molecule has 1 aliphatic heterocycles. The Morgan fingerprint density at radius 2 is 2.17 bits per heavy atom. The van der Waals surface area contributed by atoms with Crippen LogP contribution in [0.3, 0.4) is 0 Å². The summed E-state index contributed by atoms with van der Waals surface area (Å²) in [6, 6.07) is -0.148. The fourth-order valence-electron chi connectivity index (χ4n) is 2.15. The van der Waals surface area contributed by atoms with E-state index in [2.05, 4.69) is 4.90 Å². The largest absolute Gasteiger partial charge is 0.391 e. The standard InChI is InChI=1S/C12H23N3O2S/c1-4-14(5-2)12(16)9(3)15-6-7-17-10(8-15)11(13)18/h9-10H,4-8H2,1-3H3,(H2,13,18). The Bertz CT molecular complexity index is 308. The number of morpholine rings is 1. The topological polar surface area (TPSA) is 58.8 Å². The predicted octanol–water partition coefficient (Wildman–Crippen LogP) is 0.230. The first-order chi connectivity index (χ1) is 8.51. The first-order valence-electron chi connectivity index (χ1n) is 6.45. The molecule has 18 heavy (non-hydrogen) atoms. The lowest BCUT2D eigenvalue weighted by Gasteiger charge is -2.37. The Hall–Kier alpha value is -0.720. The van der Waals surface area contributed by atoms with Gasteiger partial charge in [0.2, 0.25) is 5.91 Å². The molecule has 0 aromatic heterocycles. The van der Waals surface area contributed by atoms with Crippen molar-refractivity contribution in [3.05, 3.63) is 0 Å². The number of rotatable bonds is 5. The number of nitrogens with zero attached hydrogens (tertiary/aromatic N) is 2. The lowest BCUT2D eigenvalue weighted by Crippen LogP contribution is -2.55. The van der Waals surface area contributed by atoms with Gasteiger partial charge in [0.05, 0.1) is 12.6 Å². The van der Waals surface area contributed by atoms with Gasteiger partial charge in [0.15, 0.2) is 0 Å². The quantitative estimate of drug-likeness (QED) is 0.727. The second-order valence-electron chi connectivity index (χ2n) is 4.44. The monoisotopic (exact) mass is 273 g/mol. The van der Waals surface area contributed by atoms with Crippen LogP contribution in [-0.4, -0.2) is 65.6 Å². The fraction of sp³-hybridized carbons (Fsp3) is 0.833. The summed E-state index contributed by atoms with van der Waals surface area (Å²) in [5, 5.41) is 0. The predicted molar refractivity (Wildman–Crippen MR) is 75.5 cm³/mol. The van der Waals surface area contributed by atoms with E-state index in [1.807, 2.05) is 25.7 Å². The Labute approximate surface area is 114 Å². The van der Waals surface area contributed by atoms with Gasteiger partial charge in [-0.3, -0.25) is 9.69 Å². The summed E-state index contributed by atoms with van der Waals surface area (Å²) in [6.07, 6.45) is -0.235.